The van der Waals surface area contributed by atoms with Gasteiger partial charge in [0.25, 0.3) is 0 Å². The summed E-state index contributed by atoms with van der Waals surface area (Å²) in [4.78, 5) is 5.19. The number of hydrogen-bond donors (Lipinski definition) is 1. The van der Waals surface area contributed by atoms with Crippen LogP contribution in [0.4, 0.5) is 10.1 Å². The molecule has 1 aromatic carbocycles. The molecule has 3 aliphatic rings. The minimum absolute atomic E-state index is 0.145. The normalized spacial score (nSPS) is 28.4. The van der Waals surface area contributed by atoms with E-state index in [-0.39, 0.29) is 5.82 Å². The lowest BCUT2D eigenvalue weighted by Gasteiger charge is -2.47. The van der Waals surface area contributed by atoms with Crippen molar-refractivity contribution in [2.45, 2.75) is 38.1 Å². The molecule has 3 nitrogen and oxygen atoms in total. The maximum absolute atomic E-state index is 13.1. The van der Waals surface area contributed by atoms with Crippen LogP contribution in [0, 0.1) is 11.2 Å². The van der Waals surface area contributed by atoms with Gasteiger partial charge in [-0.25, -0.2) is 4.39 Å². The maximum atomic E-state index is 13.1. The second-order valence-corrected chi connectivity index (χ2v) is 7.69. The Balaban J connectivity index is 1.40. The number of nitrogens with one attached hydrogen (secondary N) is 1. The van der Waals surface area contributed by atoms with Crippen LogP contribution in [0.25, 0.3) is 0 Å². The lowest BCUT2D eigenvalue weighted by Crippen LogP contribution is -2.52. The number of likely N-dealkylation sites (tertiary alicyclic amines) is 1. The molecule has 3 aliphatic heterocycles. The summed E-state index contributed by atoms with van der Waals surface area (Å²) in [5, 5.41) is 3.52. The predicted molar refractivity (Wildman–Crippen MR) is 92.4 cm³/mol. The van der Waals surface area contributed by atoms with Crippen molar-refractivity contribution < 1.29 is 4.39 Å². The molecule has 1 N–H and O–H groups in total. The van der Waals surface area contributed by atoms with Crippen LogP contribution in [0.1, 0.15) is 32.1 Å². The molecule has 0 aliphatic carbocycles. The largest absolute Gasteiger partial charge is 0.370 e. The first-order valence-corrected chi connectivity index (χ1v) is 9.19. The molecule has 23 heavy (non-hydrogen) atoms. The van der Waals surface area contributed by atoms with Crippen molar-refractivity contribution in [3.8, 4) is 0 Å². The van der Waals surface area contributed by atoms with Gasteiger partial charge in [0.2, 0.25) is 0 Å². The standard InChI is InChI=1S/C19H28FN3/c20-16-2-4-17(5-3-16)22-13-6-18(14-22)23-12-1-7-19(15-23)8-10-21-11-9-19/h2-5,18,21H,1,6-15H2/t18-/m1/s1. The Morgan fingerprint density at radius 2 is 1.83 bits per heavy atom. The van der Waals surface area contributed by atoms with Gasteiger partial charge < -0.3 is 10.2 Å². The van der Waals surface area contributed by atoms with E-state index < -0.39 is 0 Å². The Labute approximate surface area is 138 Å². The zero-order chi connectivity index (χ0) is 15.7. The number of anilines is 1. The monoisotopic (exact) mass is 317 g/mol. The van der Waals surface area contributed by atoms with E-state index in [9.17, 15) is 4.39 Å². The Bertz CT molecular complexity index is 518. The average Bonchev–Trinajstić information content (AvgIpc) is 3.06. The summed E-state index contributed by atoms with van der Waals surface area (Å²) in [6, 6.07) is 7.66. The molecule has 1 aromatic rings. The number of piperidine rings is 2. The molecule has 4 rings (SSSR count). The SMILES string of the molecule is Fc1ccc(N2CC[C@@H](N3CCCC4(CCNCC4)C3)C2)cc1. The molecule has 0 unspecified atom stereocenters. The van der Waals surface area contributed by atoms with E-state index in [1.807, 2.05) is 12.1 Å². The molecule has 0 aromatic heterocycles. The minimum atomic E-state index is -0.145. The van der Waals surface area contributed by atoms with Gasteiger partial charge >= 0.3 is 0 Å². The number of halogens is 1. The zero-order valence-corrected chi connectivity index (χ0v) is 13.9. The van der Waals surface area contributed by atoms with Crippen LogP contribution in [0.15, 0.2) is 24.3 Å². The summed E-state index contributed by atoms with van der Waals surface area (Å²) < 4.78 is 13.1. The van der Waals surface area contributed by atoms with Crippen molar-refractivity contribution >= 4 is 5.69 Å². The van der Waals surface area contributed by atoms with Gasteiger partial charge in [-0.2, -0.15) is 0 Å². The fourth-order valence-corrected chi connectivity index (χ4v) is 4.85. The van der Waals surface area contributed by atoms with Gasteiger partial charge in [0.05, 0.1) is 0 Å². The van der Waals surface area contributed by atoms with Gasteiger partial charge in [-0.1, -0.05) is 0 Å². The summed E-state index contributed by atoms with van der Waals surface area (Å²) in [7, 11) is 0. The first-order chi connectivity index (χ1) is 11.2. The summed E-state index contributed by atoms with van der Waals surface area (Å²) in [6.07, 6.45) is 6.70. The molecule has 1 atom stereocenters. The van der Waals surface area contributed by atoms with E-state index >= 15 is 0 Å². The van der Waals surface area contributed by atoms with Gasteiger partial charge in [0, 0.05) is 31.4 Å². The molecule has 0 saturated carbocycles. The van der Waals surface area contributed by atoms with Crippen molar-refractivity contribution in [1.82, 2.24) is 10.2 Å². The van der Waals surface area contributed by atoms with E-state index in [2.05, 4.69) is 15.1 Å². The first-order valence-electron chi connectivity index (χ1n) is 9.19. The minimum Gasteiger partial charge on any atom is -0.370 e. The van der Waals surface area contributed by atoms with Crippen molar-refractivity contribution in [2.24, 2.45) is 5.41 Å². The topological polar surface area (TPSA) is 18.5 Å². The smallest absolute Gasteiger partial charge is 0.123 e. The lowest BCUT2D eigenvalue weighted by molar-refractivity contribution is 0.0383. The summed E-state index contributed by atoms with van der Waals surface area (Å²) in [6.45, 7) is 7.13. The van der Waals surface area contributed by atoms with Crippen LogP contribution in [0.3, 0.4) is 0 Å². The van der Waals surface area contributed by atoms with Crippen LogP contribution >= 0.6 is 0 Å². The fourth-order valence-electron chi connectivity index (χ4n) is 4.85. The summed E-state index contributed by atoms with van der Waals surface area (Å²) in [5.74, 6) is -0.145. The van der Waals surface area contributed by atoms with Gasteiger partial charge in [-0.15, -0.1) is 0 Å². The lowest BCUT2D eigenvalue weighted by atomic mass is 9.72. The van der Waals surface area contributed by atoms with E-state index in [4.69, 9.17) is 0 Å². The predicted octanol–water partition coefficient (Wildman–Crippen LogP) is 2.87. The molecular formula is C19H28FN3. The van der Waals surface area contributed by atoms with Gasteiger partial charge in [0.15, 0.2) is 0 Å². The summed E-state index contributed by atoms with van der Waals surface area (Å²) >= 11 is 0. The zero-order valence-electron chi connectivity index (χ0n) is 13.9. The highest BCUT2D eigenvalue weighted by Crippen LogP contribution is 2.39. The van der Waals surface area contributed by atoms with Crippen LogP contribution in [-0.2, 0) is 0 Å². The van der Waals surface area contributed by atoms with Crippen molar-refractivity contribution in [1.29, 1.82) is 0 Å². The summed E-state index contributed by atoms with van der Waals surface area (Å²) in [5.41, 5.74) is 1.75. The van der Waals surface area contributed by atoms with Gasteiger partial charge in [-0.3, -0.25) is 4.90 Å². The second-order valence-electron chi connectivity index (χ2n) is 7.69. The average molecular weight is 317 g/mol. The number of rotatable bonds is 2. The second kappa shape index (κ2) is 6.40. The van der Waals surface area contributed by atoms with Crippen LogP contribution in [0.2, 0.25) is 0 Å². The van der Waals surface area contributed by atoms with E-state index in [1.54, 1.807) is 12.1 Å². The molecule has 0 amide bonds. The molecule has 0 radical (unpaired) electrons. The molecule has 0 bridgehead atoms. The molecular weight excluding hydrogens is 289 g/mol. The molecule has 3 fully saturated rings. The van der Waals surface area contributed by atoms with E-state index in [0.29, 0.717) is 11.5 Å². The third kappa shape index (κ3) is 3.24. The Morgan fingerprint density at radius 1 is 1.04 bits per heavy atom. The fraction of sp³-hybridized carbons (Fsp3) is 0.684. The van der Waals surface area contributed by atoms with E-state index in [1.165, 1.54) is 64.0 Å². The highest BCUT2D eigenvalue weighted by atomic mass is 19.1. The molecule has 1 spiro atoms. The molecule has 3 saturated heterocycles. The van der Waals surface area contributed by atoms with Crippen LogP contribution < -0.4 is 10.2 Å². The third-order valence-corrected chi connectivity index (χ3v) is 6.23. The third-order valence-electron chi connectivity index (χ3n) is 6.23. The number of nitrogens with zero attached hydrogens (tertiary/aromatic N) is 2. The quantitative estimate of drug-likeness (QED) is 0.905. The Hall–Kier alpha value is -1.13. The van der Waals surface area contributed by atoms with Crippen LogP contribution in [-0.4, -0.2) is 50.2 Å². The van der Waals surface area contributed by atoms with Gasteiger partial charge in [-0.05, 0) is 81.4 Å². The first kappa shape index (κ1) is 15.4. The highest BCUT2D eigenvalue weighted by molar-refractivity contribution is 5.47. The number of benzene rings is 1. The molecule has 4 heteroatoms. The maximum Gasteiger partial charge on any atom is 0.123 e. The Morgan fingerprint density at radius 3 is 2.61 bits per heavy atom. The van der Waals surface area contributed by atoms with Crippen LogP contribution in [0.5, 0.6) is 0 Å². The Kier molecular flexibility index (Phi) is 4.29. The molecule has 3 heterocycles. The van der Waals surface area contributed by atoms with Crippen molar-refractivity contribution in [3.05, 3.63) is 30.1 Å². The number of hydrogen-bond acceptors (Lipinski definition) is 3. The highest BCUT2D eigenvalue weighted by Gasteiger charge is 2.39. The van der Waals surface area contributed by atoms with Crippen molar-refractivity contribution in [3.63, 3.8) is 0 Å². The van der Waals surface area contributed by atoms with E-state index in [0.717, 1.165) is 13.1 Å². The van der Waals surface area contributed by atoms with Crippen molar-refractivity contribution in [2.75, 3.05) is 44.2 Å². The molecule has 126 valence electrons. The van der Waals surface area contributed by atoms with Gasteiger partial charge in [0.1, 0.15) is 5.82 Å².